The van der Waals surface area contributed by atoms with Crippen LogP contribution < -0.4 is 0 Å². The first-order valence-corrected chi connectivity index (χ1v) is 2.84. The van der Waals surface area contributed by atoms with Crippen LogP contribution in [0.15, 0.2) is 18.3 Å². The molecular weight excluding hydrogens is 144 g/mol. The topological polar surface area (TPSA) is 74.0 Å². The second kappa shape index (κ2) is 2.80. The summed E-state index contributed by atoms with van der Waals surface area (Å²) in [6.07, 6.45) is 1.38. The van der Waals surface area contributed by atoms with Crippen LogP contribution in [0.1, 0.15) is 16.1 Å². The molecule has 4 nitrogen and oxygen atoms in total. The van der Waals surface area contributed by atoms with Crippen molar-refractivity contribution in [3.8, 4) is 6.07 Å². The highest BCUT2D eigenvalue weighted by Gasteiger charge is 2.08. The van der Waals surface area contributed by atoms with Crippen LogP contribution in [0.2, 0.25) is 0 Å². The molecule has 1 rings (SSSR count). The van der Waals surface area contributed by atoms with Gasteiger partial charge in [0.2, 0.25) is 0 Å². The lowest BCUT2D eigenvalue weighted by Gasteiger charge is -1.93. The molecule has 1 aromatic heterocycles. The maximum absolute atomic E-state index is 10.4. The van der Waals surface area contributed by atoms with Gasteiger partial charge in [0.25, 0.3) is 0 Å². The van der Waals surface area contributed by atoms with Crippen molar-refractivity contribution in [3.05, 3.63) is 29.6 Å². The largest absolute Gasteiger partial charge is 0.478 e. The van der Waals surface area contributed by atoms with Gasteiger partial charge in [-0.1, -0.05) is 0 Å². The number of nitrogens with zero attached hydrogens (tertiary/aromatic N) is 2. The van der Waals surface area contributed by atoms with E-state index in [4.69, 9.17) is 10.4 Å². The first-order valence-electron chi connectivity index (χ1n) is 2.84. The van der Waals surface area contributed by atoms with E-state index in [1.165, 1.54) is 18.3 Å². The Labute approximate surface area is 62.7 Å². The van der Waals surface area contributed by atoms with Crippen LogP contribution in [0.3, 0.4) is 0 Å². The van der Waals surface area contributed by atoms with Crippen LogP contribution in [-0.4, -0.2) is 16.1 Å². The van der Waals surface area contributed by atoms with E-state index in [1.807, 2.05) is 0 Å². The smallest absolute Gasteiger partial charge is 0.338 e. The Morgan fingerprint density at radius 2 is 2.45 bits per heavy atom. The molecule has 0 amide bonds. The van der Waals surface area contributed by atoms with Gasteiger partial charge in [-0.2, -0.15) is 5.26 Å². The summed E-state index contributed by atoms with van der Waals surface area (Å²) in [6.45, 7) is 0. The summed E-state index contributed by atoms with van der Waals surface area (Å²) in [6, 6.07) is 4.50. The molecule has 1 N–H and O–H groups in total. The predicted octanol–water partition coefficient (Wildman–Crippen LogP) is 0.651. The van der Waals surface area contributed by atoms with Crippen LogP contribution in [0.5, 0.6) is 0 Å². The van der Waals surface area contributed by atoms with Crippen molar-refractivity contribution in [2.75, 3.05) is 0 Å². The minimum atomic E-state index is -1.13. The highest BCUT2D eigenvalue weighted by molar-refractivity contribution is 5.89. The van der Waals surface area contributed by atoms with E-state index in [9.17, 15) is 4.79 Å². The number of aromatic nitrogens is 1. The van der Waals surface area contributed by atoms with Crippen LogP contribution in [0.4, 0.5) is 0 Å². The maximum Gasteiger partial charge on any atom is 0.338 e. The molecule has 0 atom stereocenters. The summed E-state index contributed by atoms with van der Waals surface area (Å²) in [7, 11) is 0. The Hall–Kier alpha value is -1.89. The molecule has 4 heteroatoms. The fraction of sp³-hybridized carbons (Fsp3) is 0. The molecule has 0 bridgehead atoms. The third-order valence-corrected chi connectivity index (χ3v) is 1.14. The molecule has 0 fully saturated rings. The van der Waals surface area contributed by atoms with Gasteiger partial charge >= 0.3 is 5.97 Å². The summed E-state index contributed by atoms with van der Waals surface area (Å²) >= 11 is 0. The van der Waals surface area contributed by atoms with Gasteiger partial charge in [-0.3, -0.25) is 0 Å². The van der Waals surface area contributed by atoms with Crippen molar-refractivity contribution in [2.45, 2.75) is 0 Å². The molecule has 1 heterocycles. The van der Waals surface area contributed by atoms with Gasteiger partial charge in [0, 0.05) is 6.20 Å². The van der Waals surface area contributed by atoms with Gasteiger partial charge < -0.3 is 5.11 Å². The fourth-order valence-corrected chi connectivity index (χ4v) is 0.667. The normalized spacial score (nSPS) is 8.64. The number of pyridine rings is 1. The Morgan fingerprint density at radius 3 is 2.91 bits per heavy atom. The first-order chi connectivity index (χ1) is 5.25. The molecule has 0 radical (unpaired) electrons. The molecule has 0 aliphatic rings. The van der Waals surface area contributed by atoms with Crippen LogP contribution in [0.25, 0.3) is 0 Å². The van der Waals surface area contributed by atoms with Crippen LogP contribution in [-0.2, 0) is 0 Å². The SMILES string of the molecule is N#Cc1ncccc1C(=O)O. The number of aromatic carboxylic acids is 1. The standard InChI is InChI=1S/C7H4N2O2/c8-4-6-5(7(10)11)2-1-3-9-6/h1-3H,(H,10,11). The molecule has 0 saturated carbocycles. The number of nitriles is 1. The predicted molar refractivity (Wildman–Crippen MR) is 35.9 cm³/mol. The minimum absolute atomic E-state index is 0.0556. The minimum Gasteiger partial charge on any atom is -0.478 e. The third-order valence-electron chi connectivity index (χ3n) is 1.14. The van der Waals surface area contributed by atoms with Gasteiger partial charge in [0.15, 0.2) is 5.69 Å². The molecule has 0 aliphatic carbocycles. The number of hydrogen-bond acceptors (Lipinski definition) is 3. The van der Waals surface area contributed by atoms with Crippen molar-refractivity contribution in [1.29, 1.82) is 5.26 Å². The average molecular weight is 148 g/mol. The van der Waals surface area contributed by atoms with E-state index in [0.29, 0.717) is 0 Å². The zero-order chi connectivity index (χ0) is 8.27. The van der Waals surface area contributed by atoms with E-state index in [0.717, 1.165) is 0 Å². The van der Waals surface area contributed by atoms with Crippen molar-refractivity contribution in [1.82, 2.24) is 4.98 Å². The second-order valence-electron chi connectivity index (χ2n) is 1.82. The average Bonchev–Trinajstić information content (AvgIpc) is 2.04. The summed E-state index contributed by atoms with van der Waals surface area (Å²) in [5.74, 6) is -1.13. The molecule has 0 spiro atoms. The Kier molecular flexibility index (Phi) is 1.83. The van der Waals surface area contributed by atoms with Gasteiger partial charge in [-0.25, -0.2) is 9.78 Å². The van der Waals surface area contributed by atoms with Crippen LogP contribution in [0, 0.1) is 11.3 Å². The Bertz CT molecular complexity index is 327. The van der Waals surface area contributed by atoms with Crippen molar-refractivity contribution in [3.63, 3.8) is 0 Å². The number of carboxylic acid groups (broad SMARTS) is 1. The number of hydrogen-bond donors (Lipinski definition) is 1. The summed E-state index contributed by atoms with van der Waals surface area (Å²) in [5, 5.41) is 16.9. The maximum atomic E-state index is 10.4. The molecule has 54 valence electrons. The van der Waals surface area contributed by atoms with Gasteiger partial charge in [-0.15, -0.1) is 0 Å². The van der Waals surface area contributed by atoms with E-state index >= 15 is 0 Å². The zero-order valence-corrected chi connectivity index (χ0v) is 5.48. The second-order valence-corrected chi connectivity index (χ2v) is 1.82. The first kappa shape index (κ1) is 7.22. The van der Waals surface area contributed by atoms with E-state index in [1.54, 1.807) is 6.07 Å². The van der Waals surface area contributed by atoms with Crippen molar-refractivity contribution < 1.29 is 9.90 Å². The summed E-state index contributed by atoms with van der Waals surface area (Å²) in [4.78, 5) is 14.0. The van der Waals surface area contributed by atoms with E-state index < -0.39 is 5.97 Å². The van der Waals surface area contributed by atoms with E-state index in [-0.39, 0.29) is 11.3 Å². The quantitative estimate of drug-likeness (QED) is 0.634. The summed E-state index contributed by atoms with van der Waals surface area (Å²) in [5.41, 5.74) is -0.116. The van der Waals surface area contributed by atoms with Gasteiger partial charge in [-0.05, 0) is 12.1 Å². The van der Waals surface area contributed by atoms with Gasteiger partial charge in [0.05, 0.1) is 5.56 Å². The van der Waals surface area contributed by atoms with Crippen LogP contribution >= 0.6 is 0 Å². The highest BCUT2D eigenvalue weighted by Crippen LogP contribution is 2.02. The fourth-order valence-electron chi connectivity index (χ4n) is 0.667. The number of rotatable bonds is 1. The van der Waals surface area contributed by atoms with Gasteiger partial charge in [0.1, 0.15) is 6.07 Å². The molecule has 11 heavy (non-hydrogen) atoms. The molecule has 0 aromatic carbocycles. The monoisotopic (exact) mass is 148 g/mol. The lowest BCUT2D eigenvalue weighted by Crippen LogP contribution is -2.00. The molecule has 0 aliphatic heterocycles. The number of carboxylic acids is 1. The Morgan fingerprint density at radius 1 is 1.73 bits per heavy atom. The van der Waals surface area contributed by atoms with Crippen molar-refractivity contribution >= 4 is 5.97 Å². The van der Waals surface area contributed by atoms with Crippen molar-refractivity contribution in [2.24, 2.45) is 0 Å². The zero-order valence-electron chi connectivity index (χ0n) is 5.48. The Balaban J connectivity index is 3.26. The lowest BCUT2D eigenvalue weighted by molar-refractivity contribution is 0.0696. The molecule has 0 unspecified atom stereocenters. The molecule has 1 aromatic rings. The number of carbonyl (C=O) groups is 1. The summed E-state index contributed by atoms with van der Waals surface area (Å²) < 4.78 is 0. The van der Waals surface area contributed by atoms with E-state index in [2.05, 4.69) is 4.98 Å². The third kappa shape index (κ3) is 1.33. The molecular formula is C7H4N2O2. The highest BCUT2D eigenvalue weighted by atomic mass is 16.4. The molecule has 0 saturated heterocycles. The lowest BCUT2D eigenvalue weighted by atomic mass is 10.2.